The van der Waals surface area contributed by atoms with E-state index < -0.39 is 17.3 Å². The molecule has 6 N–H and O–H groups in total. The Morgan fingerprint density at radius 1 is 0.900 bits per heavy atom. The van der Waals surface area contributed by atoms with Gasteiger partial charge < -0.3 is 39.8 Å². The van der Waals surface area contributed by atoms with E-state index in [1.165, 1.54) is 12.1 Å². The summed E-state index contributed by atoms with van der Waals surface area (Å²) in [5.41, 5.74) is 1.37. The molecule has 0 radical (unpaired) electrons. The molecule has 0 bridgehead atoms. The zero-order valence-corrected chi connectivity index (χ0v) is 22.4. The van der Waals surface area contributed by atoms with Gasteiger partial charge >= 0.3 is 0 Å². The summed E-state index contributed by atoms with van der Waals surface area (Å²) in [7, 11) is 0. The molecule has 4 aromatic rings. The summed E-state index contributed by atoms with van der Waals surface area (Å²) in [5.74, 6) is -0.788. The molecule has 9 nitrogen and oxygen atoms in total. The molecule has 0 saturated carbocycles. The lowest BCUT2D eigenvalue weighted by Gasteiger charge is -2.18. The highest BCUT2D eigenvalue weighted by Crippen LogP contribution is 2.39. The van der Waals surface area contributed by atoms with E-state index in [1.807, 2.05) is 19.9 Å². The standard InChI is InChI=1S/C31H34O9/c1-17(2)9-19-12-21(13-20(28(19)36)10-18-5-3-6-22(34)11-18)31-30(38)29(37)27-25(14-23(35)15-26(27)40-31)39-24(16-33)7-4-8-32/h3,5-6,11-15,17,24,32-36,38H,4,7-10,16H2,1-2H3/t24-/m0/s1. The molecular weight excluding hydrogens is 516 g/mol. The minimum absolute atomic E-state index is 0.0420. The number of aliphatic hydroxyl groups is 2. The van der Waals surface area contributed by atoms with E-state index >= 15 is 0 Å². The summed E-state index contributed by atoms with van der Waals surface area (Å²) in [5, 5.41) is 61.0. The van der Waals surface area contributed by atoms with Gasteiger partial charge in [-0.15, -0.1) is 0 Å². The highest BCUT2D eigenvalue weighted by atomic mass is 16.5. The smallest absolute Gasteiger partial charge is 0.238 e. The van der Waals surface area contributed by atoms with Crippen LogP contribution in [0.1, 0.15) is 43.4 Å². The van der Waals surface area contributed by atoms with E-state index in [0.717, 1.165) is 5.56 Å². The molecule has 0 saturated heterocycles. The number of hydrogen-bond donors (Lipinski definition) is 6. The Bertz CT molecular complexity index is 1560. The van der Waals surface area contributed by atoms with E-state index in [1.54, 1.807) is 30.3 Å². The van der Waals surface area contributed by atoms with Crippen molar-refractivity contribution < 1.29 is 39.8 Å². The maximum atomic E-state index is 13.4. The normalized spacial score (nSPS) is 12.2. The zero-order valence-electron chi connectivity index (χ0n) is 22.4. The van der Waals surface area contributed by atoms with E-state index in [2.05, 4.69) is 0 Å². The number of aromatic hydroxyl groups is 4. The molecule has 0 amide bonds. The second kappa shape index (κ2) is 12.3. The number of fused-ring (bicyclic) bond motifs is 1. The van der Waals surface area contributed by atoms with Crippen LogP contribution < -0.4 is 10.2 Å². The van der Waals surface area contributed by atoms with Gasteiger partial charge in [0.1, 0.15) is 40.1 Å². The van der Waals surface area contributed by atoms with Gasteiger partial charge in [-0.1, -0.05) is 26.0 Å². The predicted octanol–water partition coefficient (Wildman–Crippen LogP) is 4.58. The van der Waals surface area contributed by atoms with Crippen molar-refractivity contribution >= 4 is 11.0 Å². The summed E-state index contributed by atoms with van der Waals surface area (Å²) in [6.45, 7) is 3.50. The maximum Gasteiger partial charge on any atom is 0.238 e. The molecule has 0 aliphatic rings. The maximum absolute atomic E-state index is 13.4. The number of phenolic OH excluding ortho intramolecular Hbond substituents is 3. The molecular formula is C31H34O9. The van der Waals surface area contributed by atoms with E-state index in [-0.39, 0.29) is 65.3 Å². The molecule has 1 heterocycles. The fraction of sp³-hybridized carbons (Fsp3) is 0.323. The Balaban J connectivity index is 1.87. The van der Waals surface area contributed by atoms with E-state index in [4.69, 9.17) is 14.3 Å². The van der Waals surface area contributed by atoms with E-state index in [9.17, 15) is 30.3 Å². The molecule has 9 heteroatoms. The third kappa shape index (κ3) is 6.32. The molecule has 0 aliphatic carbocycles. The van der Waals surface area contributed by atoms with Gasteiger partial charge in [-0.2, -0.15) is 0 Å². The van der Waals surface area contributed by atoms with Gasteiger partial charge in [-0.3, -0.25) is 4.79 Å². The van der Waals surface area contributed by atoms with Crippen LogP contribution in [0.5, 0.6) is 28.7 Å². The Morgan fingerprint density at radius 3 is 2.33 bits per heavy atom. The van der Waals surface area contributed by atoms with Gasteiger partial charge in [0.25, 0.3) is 0 Å². The van der Waals surface area contributed by atoms with Crippen LogP contribution in [0.3, 0.4) is 0 Å². The van der Waals surface area contributed by atoms with Gasteiger partial charge in [0.2, 0.25) is 11.2 Å². The molecule has 40 heavy (non-hydrogen) atoms. The van der Waals surface area contributed by atoms with Gasteiger partial charge in [-0.25, -0.2) is 0 Å². The first-order valence-electron chi connectivity index (χ1n) is 13.1. The Morgan fingerprint density at radius 2 is 1.65 bits per heavy atom. The first-order valence-corrected chi connectivity index (χ1v) is 13.1. The third-order valence-electron chi connectivity index (χ3n) is 6.56. The van der Waals surface area contributed by atoms with Crippen molar-refractivity contribution in [2.75, 3.05) is 13.2 Å². The number of aliphatic hydroxyl groups excluding tert-OH is 2. The van der Waals surface area contributed by atoms with Gasteiger partial charge in [0, 0.05) is 30.7 Å². The van der Waals surface area contributed by atoms with Crippen LogP contribution in [0.15, 0.2) is 57.7 Å². The largest absolute Gasteiger partial charge is 0.508 e. The fourth-order valence-corrected chi connectivity index (χ4v) is 4.74. The number of rotatable bonds is 11. The predicted molar refractivity (Wildman–Crippen MR) is 150 cm³/mol. The summed E-state index contributed by atoms with van der Waals surface area (Å²) in [4.78, 5) is 13.4. The Labute approximate surface area is 231 Å². The summed E-state index contributed by atoms with van der Waals surface area (Å²) >= 11 is 0. The first kappa shape index (κ1) is 28.8. The van der Waals surface area contributed by atoms with Crippen LogP contribution in [0.2, 0.25) is 0 Å². The number of hydrogen-bond acceptors (Lipinski definition) is 9. The minimum Gasteiger partial charge on any atom is -0.508 e. The van der Waals surface area contributed by atoms with Crippen LogP contribution in [-0.2, 0) is 12.8 Å². The van der Waals surface area contributed by atoms with Crippen LogP contribution >= 0.6 is 0 Å². The molecule has 0 fully saturated rings. The monoisotopic (exact) mass is 550 g/mol. The molecule has 212 valence electrons. The van der Waals surface area contributed by atoms with Crippen molar-refractivity contribution in [1.29, 1.82) is 0 Å². The second-order valence-electron chi connectivity index (χ2n) is 10.3. The summed E-state index contributed by atoms with van der Waals surface area (Å²) < 4.78 is 11.8. The quantitative estimate of drug-likeness (QED) is 0.157. The number of ether oxygens (including phenoxy) is 1. The lowest BCUT2D eigenvalue weighted by molar-refractivity contribution is 0.102. The van der Waals surface area contributed by atoms with Gasteiger partial charge in [-0.05, 0) is 66.1 Å². The first-order chi connectivity index (χ1) is 19.1. The van der Waals surface area contributed by atoms with Crippen LogP contribution in [0, 0.1) is 5.92 Å². The van der Waals surface area contributed by atoms with Gasteiger partial charge in [0.15, 0.2) is 5.76 Å². The molecule has 1 aromatic heterocycles. The lowest BCUT2D eigenvalue weighted by Crippen LogP contribution is -2.22. The third-order valence-corrected chi connectivity index (χ3v) is 6.56. The van der Waals surface area contributed by atoms with Crippen molar-refractivity contribution in [3.05, 3.63) is 75.4 Å². The van der Waals surface area contributed by atoms with Crippen LogP contribution in [0.25, 0.3) is 22.3 Å². The SMILES string of the molecule is CC(C)Cc1cc(-c2oc3cc(O)cc(O[C@H](CO)CCCO)c3c(=O)c2O)cc(Cc2cccc(O)c2)c1O. The highest BCUT2D eigenvalue weighted by molar-refractivity contribution is 5.88. The van der Waals surface area contributed by atoms with Crippen molar-refractivity contribution in [2.24, 2.45) is 5.92 Å². The van der Waals surface area contributed by atoms with Crippen molar-refractivity contribution in [3.8, 4) is 40.1 Å². The van der Waals surface area contributed by atoms with Gasteiger partial charge in [0.05, 0.1) is 6.61 Å². The lowest BCUT2D eigenvalue weighted by atomic mass is 9.93. The molecule has 0 spiro atoms. The number of benzene rings is 3. The van der Waals surface area contributed by atoms with E-state index in [0.29, 0.717) is 36.0 Å². The van der Waals surface area contributed by atoms with Crippen molar-refractivity contribution in [2.45, 2.75) is 45.6 Å². The number of phenols is 3. The zero-order chi connectivity index (χ0) is 29.0. The van der Waals surface area contributed by atoms with Crippen molar-refractivity contribution in [1.82, 2.24) is 0 Å². The summed E-state index contributed by atoms with van der Waals surface area (Å²) in [6.07, 6.45) is 0.686. The molecule has 0 aliphatic heterocycles. The average molecular weight is 551 g/mol. The van der Waals surface area contributed by atoms with Crippen LogP contribution in [0.4, 0.5) is 0 Å². The molecule has 4 rings (SSSR count). The minimum atomic E-state index is -0.793. The Kier molecular flexibility index (Phi) is 8.86. The summed E-state index contributed by atoms with van der Waals surface area (Å²) in [6, 6.07) is 12.4. The topological polar surface area (TPSA) is 161 Å². The fourth-order valence-electron chi connectivity index (χ4n) is 4.74. The van der Waals surface area contributed by atoms with Crippen molar-refractivity contribution in [3.63, 3.8) is 0 Å². The average Bonchev–Trinajstić information content (AvgIpc) is 2.90. The molecule has 1 atom stereocenters. The highest BCUT2D eigenvalue weighted by Gasteiger charge is 2.23. The van der Waals surface area contributed by atoms with Crippen LogP contribution in [-0.4, -0.2) is 50.0 Å². The Hall–Kier alpha value is -4.21. The molecule has 0 unspecified atom stereocenters. The second-order valence-corrected chi connectivity index (χ2v) is 10.3. The molecule has 3 aromatic carbocycles.